The van der Waals surface area contributed by atoms with Gasteiger partial charge in [0.25, 0.3) is 0 Å². The molecule has 17 heavy (non-hydrogen) atoms. The van der Waals surface area contributed by atoms with E-state index < -0.39 is 5.41 Å². The van der Waals surface area contributed by atoms with E-state index >= 15 is 0 Å². The first kappa shape index (κ1) is 13.5. The first-order valence-electron chi connectivity index (χ1n) is 5.53. The van der Waals surface area contributed by atoms with Gasteiger partial charge in [-0.25, -0.2) is 0 Å². The van der Waals surface area contributed by atoms with E-state index in [9.17, 15) is 9.90 Å². The molecule has 0 aliphatic heterocycles. The van der Waals surface area contributed by atoms with Crippen LogP contribution in [-0.4, -0.2) is 24.7 Å². The molecule has 0 saturated carbocycles. The summed E-state index contributed by atoms with van der Waals surface area (Å²) in [5.74, 6) is 0.0122. The van der Waals surface area contributed by atoms with Crippen LogP contribution in [0.1, 0.15) is 19.4 Å². The number of benzene rings is 1. The molecule has 0 unspecified atom stereocenters. The number of hydrogen-bond acceptors (Lipinski definition) is 4. The number of ether oxygens (including phenoxy) is 1. The third kappa shape index (κ3) is 3.75. The molecule has 1 aromatic rings. The van der Waals surface area contributed by atoms with Gasteiger partial charge in [0.2, 0.25) is 0 Å². The van der Waals surface area contributed by atoms with E-state index in [4.69, 9.17) is 4.74 Å². The largest absolute Gasteiger partial charge is 0.508 e. The van der Waals surface area contributed by atoms with Crippen molar-refractivity contribution in [1.29, 1.82) is 0 Å². The molecule has 0 atom stereocenters. The van der Waals surface area contributed by atoms with E-state index in [2.05, 4.69) is 5.32 Å². The fourth-order valence-corrected chi connectivity index (χ4v) is 1.52. The highest BCUT2D eigenvalue weighted by Crippen LogP contribution is 2.18. The predicted octanol–water partition coefficient (Wildman–Crippen LogP) is 1.68. The molecule has 0 heterocycles. The van der Waals surface area contributed by atoms with Crippen LogP contribution in [0, 0.1) is 5.41 Å². The standard InChI is InChI=1S/C13H19NO3/c1-13(2,12(16)17-3)9-14-8-10-6-4-5-7-11(10)15/h4-7,14-15H,8-9H2,1-3H3. The number of rotatable bonds is 5. The highest BCUT2D eigenvalue weighted by atomic mass is 16.5. The van der Waals surface area contributed by atoms with Gasteiger partial charge in [-0.05, 0) is 19.9 Å². The Morgan fingerprint density at radius 2 is 2.06 bits per heavy atom. The smallest absolute Gasteiger partial charge is 0.312 e. The SMILES string of the molecule is COC(=O)C(C)(C)CNCc1ccccc1O. The van der Waals surface area contributed by atoms with Crippen LogP contribution in [-0.2, 0) is 16.1 Å². The Balaban J connectivity index is 2.48. The highest BCUT2D eigenvalue weighted by molar-refractivity contribution is 5.76. The van der Waals surface area contributed by atoms with Crippen LogP contribution in [0.5, 0.6) is 5.75 Å². The zero-order chi connectivity index (χ0) is 12.9. The molecule has 0 fully saturated rings. The van der Waals surface area contributed by atoms with Crippen molar-refractivity contribution < 1.29 is 14.6 Å². The van der Waals surface area contributed by atoms with Gasteiger partial charge in [-0.2, -0.15) is 0 Å². The van der Waals surface area contributed by atoms with E-state index in [0.29, 0.717) is 13.1 Å². The minimum absolute atomic E-state index is 0.248. The van der Waals surface area contributed by atoms with Crippen LogP contribution in [0.2, 0.25) is 0 Å². The van der Waals surface area contributed by atoms with Gasteiger partial charge in [0, 0.05) is 18.7 Å². The highest BCUT2D eigenvalue weighted by Gasteiger charge is 2.27. The van der Waals surface area contributed by atoms with Gasteiger partial charge in [0.1, 0.15) is 5.75 Å². The lowest BCUT2D eigenvalue weighted by atomic mass is 9.93. The van der Waals surface area contributed by atoms with Gasteiger partial charge >= 0.3 is 5.97 Å². The summed E-state index contributed by atoms with van der Waals surface area (Å²) in [6.45, 7) is 4.65. The summed E-state index contributed by atoms with van der Waals surface area (Å²) in [5.41, 5.74) is 0.243. The number of phenols is 1. The normalized spacial score (nSPS) is 11.2. The van der Waals surface area contributed by atoms with Crippen LogP contribution in [0.3, 0.4) is 0 Å². The average molecular weight is 237 g/mol. The van der Waals surface area contributed by atoms with Gasteiger partial charge < -0.3 is 15.2 Å². The van der Waals surface area contributed by atoms with Crippen molar-refractivity contribution >= 4 is 5.97 Å². The zero-order valence-electron chi connectivity index (χ0n) is 10.5. The third-order valence-electron chi connectivity index (χ3n) is 2.61. The molecule has 0 aliphatic rings. The number of aromatic hydroxyl groups is 1. The Kier molecular flexibility index (Phi) is 4.52. The fraction of sp³-hybridized carbons (Fsp3) is 0.462. The first-order chi connectivity index (χ1) is 7.97. The van der Waals surface area contributed by atoms with E-state index in [-0.39, 0.29) is 11.7 Å². The van der Waals surface area contributed by atoms with Crippen molar-refractivity contribution in [1.82, 2.24) is 5.32 Å². The monoisotopic (exact) mass is 237 g/mol. The van der Waals surface area contributed by atoms with Gasteiger partial charge in [0.05, 0.1) is 12.5 Å². The van der Waals surface area contributed by atoms with E-state index in [1.54, 1.807) is 12.1 Å². The van der Waals surface area contributed by atoms with Gasteiger partial charge in [0.15, 0.2) is 0 Å². The zero-order valence-corrected chi connectivity index (χ0v) is 10.5. The van der Waals surface area contributed by atoms with Crippen LogP contribution >= 0.6 is 0 Å². The van der Waals surface area contributed by atoms with Gasteiger partial charge in [-0.3, -0.25) is 4.79 Å². The summed E-state index contributed by atoms with van der Waals surface area (Å²) in [7, 11) is 1.38. The number of hydrogen-bond donors (Lipinski definition) is 2. The molecule has 0 amide bonds. The number of carbonyl (C=O) groups is 1. The Bertz CT molecular complexity index is 388. The summed E-state index contributed by atoms with van der Waals surface area (Å²) in [6.07, 6.45) is 0. The van der Waals surface area contributed by atoms with Gasteiger partial charge in [-0.15, -0.1) is 0 Å². The lowest BCUT2D eigenvalue weighted by molar-refractivity contribution is -0.150. The molecule has 4 nitrogen and oxygen atoms in total. The molecule has 4 heteroatoms. The maximum atomic E-state index is 11.4. The summed E-state index contributed by atoms with van der Waals surface area (Å²) in [5, 5.41) is 12.7. The molecule has 0 radical (unpaired) electrons. The maximum Gasteiger partial charge on any atom is 0.312 e. The second-order valence-electron chi connectivity index (χ2n) is 4.61. The van der Waals surface area contributed by atoms with Gasteiger partial charge in [-0.1, -0.05) is 18.2 Å². The summed E-state index contributed by atoms with van der Waals surface area (Å²) < 4.78 is 4.71. The predicted molar refractivity (Wildman–Crippen MR) is 65.6 cm³/mol. The number of phenolic OH excluding ortho intramolecular Hbond substituents is 1. The Hall–Kier alpha value is -1.55. The topological polar surface area (TPSA) is 58.6 Å². The van der Waals surface area contributed by atoms with E-state index in [1.165, 1.54) is 7.11 Å². The first-order valence-corrected chi connectivity index (χ1v) is 5.53. The van der Waals surface area contributed by atoms with Crippen LogP contribution in [0.15, 0.2) is 24.3 Å². The third-order valence-corrected chi connectivity index (χ3v) is 2.61. The Morgan fingerprint density at radius 3 is 2.65 bits per heavy atom. The second kappa shape index (κ2) is 5.68. The molecule has 0 aliphatic carbocycles. The van der Waals surface area contributed by atoms with Crippen molar-refractivity contribution in [3.8, 4) is 5.75 Å². The summed E-state index contributed by atoms with van der Waals surface area (Å²) in [6, 6.07) is 7.12. The minimum atomic E-state index is -0.570. The number of carbonyl (C=O) groups excluding carboxylic acids is 1. The molecule has 0 spiro atoms. The van der Waals surface area contributed by atoms with E-state index in [0.717, 1.165) is 5.56 Å². The molecule has 1 aromatic carbocycles. The van der Waals surface area contributed by atoms with Crippen molar-refractivity contribution in [2.24, 2.45) is 5.41 Å². The van der Waals surface area contributed by atoms with Crippen molar-refractivity contribution in [3.05, 3.63) is 29.8 Å². The number of nitrogens with one attached hydrogen (secondary N) is 1. The van der Waals surface area contributed by atoms with Crippen LogP contribution < -0.4 is 5.32 Å². The summed E-state index contributed by atoms with van der Waals surface area (Å²) >= 11 is 0. The Labute approximate surface area is 102 Å². The fourth-order valence-electron chi connectivity index (χ4n) is 1.52. The van der Waals surface area contributed by atoms with Crippen molar-refractivity contribution in [2.45, 2.75) is 20.4 Å². The molecular formula is C13H19NO3. The molecular weight excluding hydrogens is 218 g/mol. The second-order valence-corrected chi connectivity index (χ2v) is 4.61. The minimum Gasteiger partial charge on any atom is -0.508 e. The van der Waals surface area contributed by atoms with Crippen LogP contribution in [0.25, 0.3) is 0 Å². The molecule has 2 N–H and O–H groups in total. The molecule has 94 valence electrons. The van der Waals surface area contributed by atoms with Crippen LogP contribution in [0.4, 0.5) is 0 Å². The van der Waals surface area contributed by atoms with Crippen molar-refractivity contribution in [3.63, 3.8) is 0 Å². The molecule has 0 bridgehead atoms. The number of para-hydroxylation sites is 1. The molecule has 0 saturated heterocycles. The maximum absolute atomic E-state index is 11.4. The number of esters is 1. The van der Waals surface area contributed by atoms with E-state index in [1.807, 2.05) is 26.0 Å². The van der Waals surface area contributed by atoms with Crippen molar-refractivity contribution in [2.75, 3.05) is 13.7 Å². The quantitative estimate of drug-likeness (QED) is 0.765. The average Bonchev–Trinajstić information content (AvgIpc) is 2.30. The molecule has 1 rings (SSSR count). The lowest BCUT2D eigenvalue weighted by Crippen LogP contribution is -2.36. The lowest BCUT2D eigenvalue weighted by Gasteiger charge is -2.21. The number of methoxy groups -OCH3 is 1. The molecule has 0 aromatic heterocycles. The Morgan fingerprint density at radius 1 is 1.41 bits per heavy atom. The summed E-state index contributed by atoms with van der Waals surface area (Å²) in [4.78, 5) is 11.4.